The van der Waals surface area contributed by atoms with E-state index in [9.17, 15) is 0 Å². The molecule has 1 heterocycles. The van der Waals surface area contributed by atoms with E-state index in [-0.39, 0.29) is 0 Å². The second-order valence-corrected chi connectivity index (χ2v) is 4.79. The predicted octanol–water partition coefficient (Wildman–Crippen LogP) is 2.48. The first-order valence-electron chi connectivity index (χ1n) is 4.15. The molecule has 2 atom stereocenters. The average molecular weight is 218 g/mol. The molecule has 0 saturated carbocycles. The highest BCUT2D eigenvalue weighted by Crippen LogP contribution is 2.23. The molecule has 1 rings (SSSR count). The van der Waals surface area contributed by atoms with Crippen molar-refractivity contribution in [1.29, 1.82) is 0 Å². The van der Waals surface area contributed by atoms with Crippen molar-refractivity contribution in [2.75, 3.05) is 19.6 Å². The summed E-state index contributed by atoms with van der Waals surface area (Å²) in [5.41, 5.74) is 0. The van der Waals surface area contributed by atoms with Gasteiger partial charge in [-0.05, 0) is 11.8 Å². The summed E-state index contributed by atoms with van der Waals surface area (Å²) in [5.74, 6) is 1.70. The molecule has 64 valence electrons. The first-order chi connectivity index (χ1) is 5.09. The normalized spacial score (nSPS) is 32.6. The van der Waals surface area contributed by atoms with Gasteiger partial charge in [-0.3, -0.25) is 4.90 Å². The molecule has 1 saturated heterocycles. The Bertz CT molecular complexity index is 146. The predicted molar refractivity (Wildman–Crippen MR) is 52.8 cm³/mol. The molecule has 0 N–H and O–H groups in total. The Morgan fingerprint density at radius 1 is 1.45 bits per heavy atom. The van der Waals surface area contributed by atoms with Crippen LogP contribution in [0.3, 0.4) is 0 Å². The fourth-order valence-corrected chi connectivity index (χ4v) is 1.98. The molecule has 0 spiro atoms. The maximum Gasteiger partial charge on any atom is 0.0294 e. The SMILES string of the molecule is C=C(Br)CN1CC(C)C(C)C1. The monoisotopic (exact) mass is 217 g/mol. The Labute approximate surface area is 77.6 Å². The Morgan fingerprint density at radius 3 is 2.27 bits per heavy atom. The van der Waals surface area contributed by atoms with Crippen molar-refractivity contribution in [3.63, 3.8) is 0 Å². The summed E-state index contributed by atoms with van der Waals surface area (Å²) in [6, 6.07) is 0. The Hall–Kier alpha value is 0.180. The van der Waals surface area contributed by atoms with Crippen LogP contribution < -0.4 is 0 Å². The van der Waals surface area contributed by atoms with E-state index in [1.165, 1.54) is 13.1 Å². The summed E-state index contributed by atoms with van der Waals surface area (Å²) in [6.45, 7) is 12.0. The Kier molecular flexibility index (Phi) is 3.14. The first-order valence-corrected chi connectivity index (χ1v) is 4.94. The van der Waals surface area contributed by atoms with Gasteiger partial charge in [0.15, 0.2) is 0 Å². The third kappa shape index (κ3) is 2.60. The van der Waals surface area contributed by atoms with Crippen molar-refractivity contribution in [3.8, 4) is 0 Å². The van der Waals surface area contributed by atoms with Crippen LogP contribution in [0.5, 0.6) is 0 Å². The molecular weight excluding hydrogens is 202 g/mol. The fourth-order valence-electron chi connectivity index (χ4n) is 1.62. The molecule has 0 radical (unpaired) electrons. The molecule has 11 heavy (non-hydrogen) atoms. The quantitative estimate of drug-likeness (QED) is 0.688. The minimum Gasteiger partial charge on any atom is -0.298 e. The lowest BCUT2D eigenvalue weighted by Crippen LogP contribution is -2.21. The average Bonchev–Trinajstić information content (AvgIpc) is 2.10. The van der Waals surface area contributed by atoms with Crippen LogP contribution in [0, 0.1) is 11.8 Å². The molecular formula is C9H16BrN. The molecule has 2 heteroatoms. The van der Waals surface area contributed by atoms with Crippen LogP contribution in [-0.4, -0.2) is 24.5 Å². The smallest absolute Gasteiger partial charge is 0.0294 e. The number of likely N-dealkylation sites (tertiary alicyclic amines) is 1. The molecule has 0 aromatic heterocycles. The molecule has 0 amide bonds. The van der Waals surface area contributed by atoms with E-state index in [1.807, 2.05) is 0 Å². The van der Waals surface area contributed by atoms with Crippen molar-refractivity contribution in [2.24, 2.45) is 11.8 Å². The van der Waals surface area contributed by atoms with Gasteiger partial charge in [0.2, 0.25) is 0 Å². The van der Waals surface area contributed by atoms with Crippen LogP contribution >= 0.6 is 15.9 Å². The third-order valence-electron chi connectivity index (χ3n) is 2.46. The van der Waals surface area contributed by atoms with Gasteiger partial charge in [0.05, 0.1) is 0 Å². The van der Waals surface area contributed by atoms with Gasteiger partial charge in [-0.25, -0.2) is 0 Å². The van der Waals surface area contributed by atoms with Gasteiger partial charge in [-0.2, -0.15) is 0 Å². The van der Waals surface area contributed by atoms with Crippen molar-refractivity contribution in [2.45, 2.75) is 13.8 Å². The second-order valence-electron chi connectivity index (χ2n) is 3.67. The van der Waals surface area contributed by atoms with Crippen molar-refractivity contribution >= 4 is 15.9 Å². The van der Waals surface area contributed by atoms with Crippen molar-refractivity contribution in [1.82, 2.24) is 4.90 Å². The van der Waals surface area contributed by atoms with Gasteiger partial charge in [0, 0.05) is 24.1 Å². The maximum atomic E-state index is 3.84. The lowest BCUT2D eigenvalue weighted by molar-refractivity contribution is 0.358. The van der Waals surface area contributed by atoms with Crippen LogP contribution in [0.15, 0.2) is 11.1 Å². The molecule has 0 aliphatic carbocycles. The van der Waals surface area contributed by atoms with Gasteiger partial charge in [0.1, 0.15) is 0 Å². The van der Waals surface area contributed by atoms with Crippen molar-refractivity contribution in [3.05, 3.63) is 11.1 Å². The maximum absolute atomic E-state index is 3.84. The number of rotatable bonds is 2. The van der Waals surface area contributed by atoms with E-state index in [0.29, 0.717) is 0 Å². The molecule has 1 aliphatic rings. The number of halogens is 1. The summed E-state index contributed by atoms with van der Waals surface area (Å²) in [4.78, 5) is 2.45. The summed E-state index contributed by atoms with van der Waals surface area (Å²) in [6.07, 6.45) is 0. The molecule has 1 aliphatic heterocycles. The fraction of sp³-hybridized carbons (Fsp3) is 0.778. The third-order valence-corrected chi connectivity index (χ3v) is 2.71. The standard InChI is InChI=1S/C9H16BrN/c1-7-4-11(5-8(7)2)6-9(3)10/h7-8H,3-6H2,1-2H3. The summed E-state index contributed by atoms with van der Waals surface area (Å²) >= 11 is 3.39. The minimum atomic E-state index is 0.849. The molecule has 1 fully saturated rings. The lowest BCUT2D eigenvalue weighted by atomic mass is 10.0. The van der Waals surface area contributed by atoms with E-state index >= 15 is 0 Å². The molecule has 2 unspecified atom stereocenters. The van der Waals surface area contributed by atoms with E-state index < -0.39 is 0 Å². The number of hydrogen-bond donors (Lipinski definition) is 0. The van der Waals surface area contributed by atoms with Crippen LogP contribution in [0.1, 0.15) is 13.8 Å². The van der Waals surface area contributed by atoms with E-state index in [1.54, 1.807) is 0 Å². The second kappa shape index (κ2) is 3.72. The highest BCUT2D eigenvalue weighted by Gasteiger charge is 2.25. The number of hydrogen-bond acceptors (Lipinski definition) is 1. The summed E-state index contributed by atoms with van der Waals surface area (Å²) in [7, 11) is 0. The Morgan fingerprint density at radius 2 is 1.91 bits per heavy atom. The molecule has 1 nitrogen and oxygen atoms in total. The van der Waals surface area contributed by atoms with Crippen LogP contribution in [0.2, 0.25) is 0 Å². The highest BCUT2D eigenvalue weighted by molar-refractivity contribution is 9.11. The van der Waals surface area contributed by atoms with E-state index in [2.05, 4.69) is 41.3 Å². The molecule has 0 aromatic carbocycles. The van der Waals surface area contributed by atoms with Gasteiger partial charge >= 0.3 is 0 Å². The van der Waals surface area contributed by atoms with E-state index in [0.717, 1.165) is 22.9 Å². The van der Waals surface area contributed by atoms with E-state index in [4.69, 9.17) is 0 Å². The first kappa shape index (κ1) is 9.27. The van der Waals surface area contributed by atoms with Crippen LogP contribution in [0.25, 0.3) is 0 Å². The van der Waals surface area contributed by atoms with Gasteiger partial charge in [-0.15, -0.1) is 0 Å². The zero-order valence-corrected chi connectivity index (χ0v) is 8.89. The Balaban J connectivity index is 2.35. The minimum absolute atomic E-state index is 0.849. The van der Waals surface area contributed by atoms with Gasteiger partial charge in [-0.1, -0.05) is 36.4 Å². The lowest BCUT2D eigenvalue weighted by Gasteiger charge is -2.13. The molecule has 0 aromatic rings. The number of nitrogens with zero attached hydrogens (tertiary/aromatic N) is 1. The zero-order chi connectivity index (χ0) is 8.43. The van der Waals surface area contributed by atoms with Gasteiger partial charge in [0.25, 0.3) is 0 Å². The van der Waals surface area contributed by atoms with Crippen LogP contribution in [-0.2, 0) is 0 Å². The topological polar surface area (TPSA) is 3.24 Å². The molecule has 0 bridgehead atoms. The highest BCUT2D eigenvalue weighted by atomic mass is 79.9. The van der Waals surface area contributed by atoms with Crippen LogP contribution in [0.4, 0.5) is 0 Å². The summed E-state index contributed by atoms with van der Waals surface area (Å²) < 4.78 is 1.10. The van der Waals surface area contributed by atoms with Crippen molar-refractivity contribution < 1.29 is 0 Å². The summed E-state index contributed by atoms with van der Waals surface area (Å²) in [5, 5.41) is 0. The zero-order valence-electron chi connectivity index (χ0n) is 7.31. The largest absolute Gasteiger partial charge is 0.298 e. The van der Waals surface area contributed by atoms with Gasteiger partial charge < -0.3 is 0 Å².